The molecule has 2 saturated heterocycles. The SMILES string of the molecule is O=c1[nH]c2ccc(S(=O)(=O)N3CC4CNCC4C3)cc2c2cc[nH]c12. The maximum Gasteiger partial charge on any atom is 0.272 e. The van der Waals surface area contributed by atoms with Crippen LogP contribution in [0.5, 0.6) is 0 Å². The minimum absolute atomic E-state index is 0.206. The lowest BCUT2D eigenvalue weighted by molar-refractivity contribution is 0.448. The molecule has 0 aliphatic carbocycles. The van der Waals surface area contributed by atoms with Crippen molar-refractivity contribution in [2.24, 2.45) is 11.8 Å². The van der Waals surface area contributed by atoms with Crippen LogP contribution in [0, 0.1) is 11.8 Å². The molecule has 0 saturated carbocycles. The van der Waals surface area contributed by atoms with Gasteiger partial charge in [-0.2, -0.15) is 4.31 Å². The van der Waals surface area contributed by atoms with Crippen LogP contribution in [0.2, 0.25) is 0 Å². The molecule has 2 aliphatic rings. The maximum absolute atomic E-state index is 13.1. The average molecular weight is 358 g/mol. The highest BCUT2D eigenvalue weighted by Gasteiger charge is 2.41. The first-order valence-electron chi connectivity index (χ1n) is 8.38. The lowest BCUT2D eigenvalue weighted by Crippen LogP contribution is -2.31. The van der Waals surface area contributed by atoms with Crippen molar-refractivity contribution in [1.29, 1.82) is 0 Å². The molecular weight excluding hydrogens is 340 g/mol. The van der Waals surface area contributed by atoms with E-state index >= 15 is 0 Å². The summed E-state index contributed by atoms with van der Waals surface area (Å²) in [4.78, 5) is 18.0. The Morgan fingerprint density at radius 1 is 1.04 bits per heavy atom. The summed E-state index contributed by atoms with van der Waals surface area (Å²) in [5.41, 5.74) is 0.894. The van der Waals surface area contributed by atoms with E-state index in [2.05, 4.69) is 15.3 Å². The smallest absolute Gasteiger partial charge is 0.272 e. The summed E-state index contributed by atoms with van der Waals surface area (Å²) in [6.45, 7) is 2.92. The second-order valence-electron chi connectivity index (χ2n) is 6.93. The number of nitrogens with one attached hydrogen (secondary N) is 3. The predicted molar refractivity (Wildman–Crippen MR) is 95.0 cm³/mol. The molecule has 0 spiro atoms. The monoisotopic (exact) mass is 358 g/mol. The number of sulfonamides is 1. The van der Waals surface area contributed by atoms with Crippen LogP contribution in [0.15, 0.2) is 40.2 Å². The van der Waals surface area contributed by atoms with E-state index in [1.165, 1.54) is 0 Å². The lowest BCUT2D eigenvalue weighted by atomic mass is 10.0. The van der Waals surface area contributed by atoms with Crippen molar-refractivity contribution in [2.75, 3.05) is 26.2 Å². The largest absolute Gasteiger partial charge is 0.357 e. The van der Waals surface area contributed by atoms with E-state index in [1.807, 2.05) is 0 Å². The van der Waals surface area contributed by atoms with Gasteiger partial charge < -0.3 is 15.3 Å². The van der Waals surface area contributed by atoms with Crippen LogP contribution >= 0.6 is 0 Å². The van der Waals surface area contributed by atoms with Crippen LogP contribution in [0.4, 0.5) is 0 Å². The van der Waals surface area contributed by atoms with Crippen molar-refractivity contribution >= 4 is 31.8 Å². The fourth-order valence-electron chi connectivity index (χ4n) is 4.14. The van der Waals surface area contributed by atoms with Crippen molar-refractivity contribution < 1.29 is 8.42 Å². The quantitative estimate of drug-likeness (QED) is 0.632. The Kier molecular flexibility index (Phi) is 3.13. The van der Waals surface area contributed by atoms with E-state index in [0.717, 1.165) is 23.9 Å². The van der Waals surface area contributed by atoms with Crippen LogP contribution in [0.25, 0.3) is 21.8 Å². The Hall–Kier alpha value is -2.16. The standard InChI is InChI=1S/C17H18N4O3S/c22-17-16-13(3-4-19-16)14-5-12(1-2-15(14)20-17)25(23,24)21-8-10-6-18-7-11(10)9-21/h1-5,10-11,18-19H,6-9H2,(H,20,22). The van der Waals surface area contributed by atoms with Crippen molar-refractivity contribution in [3.63, 3.8) is 0 Å². The van der Waals surface area contributed by atoms with E-state index in [0.29, 0.717) is 36.0 Å². The van der Waals surface area contributed by atoms with E-state index in [4.69, 9.17) is 0 Å². The Morgan fingerprint density at radius 3 is 2.56 bits per heavy atom. The summed E-state index contributed by atoms with van der Waals surface area (Å²) in [6, 6.07) is 6.73. The van der Waals surface area contributed by atoms with Crippen molar-refractivity contribution in [1.82, 2.24) is 19.6 Å². The number of rotatable bonds is 2. The topological polar surface area (TPSA) is 98.1 Å². The normalized spacial score (nSPS) is 24.3. The molecule has 8 heteroatoms. The van der Waals surface area contributed by atoms with E-state index in [1.54, 1.807) is 34.8 Å². The lowest BCUT2D eigenvalue weighted by Gasteiger charge is -2.18. The fraction of sp³-hybridized carbons (Fsp3) is 0.353. The van der Waals surface area contributed by atoms with E-state index in [-0.39, 0.29) is 10.5 Å². The van der Waals surface area contributed by atoms with Crippen LogP contribution in [-0.2, 0) is 10.0 Å². The second kappa shape index (κ2) is 5.17. The van der Waals surface area contributed by atoms with Gasteiger partial charge in [0.2, 0.25) is 10.0 Å². The van der Waals surface area contributed by atoms with Crippen LogP contribution in [-0.4, -0.2) is 48.9 Å². The number of hydrogen-bond acceptors (Lipinski definition) is 4. The van der Waals surface area contributed by atoms with Gasteiger partial charge in [0.05, 0.1) is 4.90 Å². The number of benzene rings is 1. The van der Waals surface area contributed by atoms with Crippen molar-refractivity contribution in [2.45, 2.75) is 4.90 Å². The third kappa shape index (κ3) is 2.18. The minimum Gasteiger partial charge on any atom is -0.357 e. The fourth-order valence-corrected chi connectivity index (χ4v) is 5.72. The van der Waals surface area contributed by atoms with Gasteiger partial charge in [0.15, 0.2) is 0 Å². The number of nitrogens with zero attached hydrogens (tertiary/aromatic N) is 1. The van der Waals surface area contributed by atoms with Gasteiger partial charge in [-0.15, -0.1) is 0 Å². The summed E-state index contributed by atoms with van der Waals surface area (Å²) in [5.74, 6) is 0.811. The van der Waals surface area contributed by atoms with Gasteiger partial charge in [-0.1, -0.05) is 0 Å². The molecule has 3 aromatic rings. The molecule has 0 bridgehead atoms. The van der Waals surface area contributed by atoms with Gasteiger partial charge in [-0.3, -0.25) is 4.79 Å². The number of fused-ring (bicyclic) bond motifs is 4. The third-order valence-electron chi connectivity index (χ3n) is 5.50. The summed E-state index contributed by atoms with van der Waals surface area (Å²) in [5, 5.41) is 4.79. The maximum atomic E-state index is 13.1. The Balaban J connectivity index is 1.63. The number of H-pyrrole nitrogens is 2. The molecule has 2 unspecified atom stereocenters. The zero-order chi connectivity index (χ0) is 17.2. The van der Waals surface area contributed by atoms with Gasteiger partial charge >= 0.3 is 0 Å². The van der Waals surface area contributed by atoms with Gasteiger partial charge in [-0.05, 0) is 49.2 Å². The number of pyridine rings is 1. The van der Waals surface area contributed by atoms with Gasteiger partial charge in [0.25, 0.3) is 5.56 Å². The van der Waals surface area contributed by atoms with Gasteiger partial charge in [-0.25, -0.2) is 8.42 Å². The molecule has 130 valence electrons. The molecule has 1 aromatic carbocycles. The molecule has 0 amide bonds. The zero-order valence-electron chi connectivity index (χ0n) is 13.5. The molecule has 3 N–H and O–H groups in total. The molecule has 25 heavy (non-hydrogen) atoms. The minimum atomic E-state index is -3.53. The average Bonchev–Trinajstić information content (AvgIpc) is 3.30. The highest BCUT2D eigenvalue weighted by molar-refractivity contribution is 7.89. The Labute approximate surface area is 144 Å². The van der Waals surface area contributed by atoms with Crippen LogP contribution in [0.1, 0.15) is 0 Å². The molecule has 2 atom stereocenters. The van der Waals surface area contributed by atoms with Crippen molar-refractivity contribution in [3.8, 4) is 0 Å². The first-order chi connectivity index (χ1) is 12.0. The predicted octanol–water partition coefficient (Wildman–Crippen LogP) is 0.849. The highest BCUT2D eigenvalue weighted by atomic mass is 32.2. The van der Waals surface area contributed by atoms with E-state index in [9.17, 15) is 13.2 Å². The van der Waals surface area contributed by atoms with Crippen molar-refractivity contribution in [3.05, 3.63) is 40.8 Å². The van der Waals surface area contributed by atoms with Gasteiger partial charge in [0, 0.05) is 35.6 Å². The molecule has 7 nitrogen and oxygen atoms in total. The number of aromatic amines is 2. The van der Waals surface area contributed by atoms with Gasteiger partial charge in [0.1, 0.15) is 5.52 Å². The van der Waals surface area contributed by atoms with E-state index < -0.39 is 10.0 Å². The summed E-state index contributed by atoms with van der Waals surface area (Å²) in [7, 11) is -3.53. The first kappa shape index (κ1) is 15.1. The highest BCUT2D eigenvalue weighted by Crippen LogP contribution is 2.32. The molecule has 2 aliphatic heterocycles. The van der Waals surface area contributed by atoms with Crippen LogP contribution < -0.4 is 10.9 Å². The Bertz CT molecular complexity index is 1140. The molecule has 2 aromatic heterocycles. The molecule has 2 fully saturated rings. The second-order valence-corrected chi connectivity index (χ2v) is 8.87. The zero-order valence-corrected chi connectivity index (χ0v) is 14.3. The molecule has 0 radical (unpaired) electrons. The summed E-state index contributed by atoms with van der Waals surface area (Å²) in [6.07, 6.45) is 1.69. The summed E-state index contributed by atoms with van der Waals surface area (Å²) >= 11 is 0. The number of hydrogen-bond donors (Lipinski definition) is 3. The van der Waals surface area contributed by atoms with Crippen LogP contribution in [0.3, 0.4) is 0 Å². The summed E-state index contributed by atoms with van der Waals surface area (Å²) < 4.78 is 27.8. The first-order valence-corrected chi connectivity index (χ1v) is 9.82. The molecule has 4 heterocycles. The molecule has 5 rings (SSSR count). The third-order valence-corrected chi connectivity index (χ3v) is 7.32. The number of aromatic nitrogens is 2. The molecular formula is C17H18N4O3S. The Morgan fingerprint density at radius 2 is 1.80 bits per heavy atom.